The molecule has 0 saturated carbocycles. The number of nitrogens with one attached hydrogen (secondary N) is 1. The van der Waals surface area contributed by atoms with Crippen LogP contribution in [-0.4, -0.2) is 17.0 Å². The molecule has 0 radical (unpaired) electrons. The van der Waals surface area contributed by atoms with Crippen LogP contribution in [0.2, 0.25) is 0 Å². The lowest BCUT2D eigenvalue weighted by molar-refractivity contribution is 0.618. The maximum absolute atomic E-state index is 13.3. The molecule has 0 aliphatic carbocycles. The largest absolute Gasteiger partial charge is 0.381 e. The van der Waals surface area contributed by atoms with Crippen LogP contribution in [0, 0.1) is 12.7 Å². The summed E-state index contributed by atoms with van der Waals surface area (Å²) in [6, 6.07) is 5.70. The van der Waals surface area contributed by atoms with Crippen LogP contribution in [0.5, 0.6) is 0 Å². The van der Waals surface area contributed by atoms with E-state index < -0.39 is 0 Å². The molecule has 1 aromatic rings. The van der Waals surface area contributed by atoms with Gasteiger partial charge >= 0.3 is 0 Å². The third-order valence-electron chi connectivity index (χ3n) is 2.98. The Balaban J connectivity index is 2.13. The van der Waals surface area contributed by atoms with Crippen molar-refractivity contribution >= 4 is 17.4 Å². The summed E-state index contributed by atoms with van der Waals surface area (Å²) in [5.41, 5.74) is 1.66. The first-order chi connectivity index (χ1) is 7.18. The lowest BCUT2D eigenvalue weighted by atomic mass is 10.1. The molecule has 1 N–H and O–H groups in total. The van der Waals surface area contributed by atoms with E-state index in [1.165, 1.54) is 18.2 Å². The molecule has 1 heterocycles. The van der Waals surface area contributed by atoms with Gasteiger partial charge in [0, 0.05) is 22.5 Å². The summed E-state index contributed by atoms with van der Waals surface area (Å²) >= 11 is 1.98. The summed E-state index contributed by atoms with van der Waals surface area (Å²) in [5.74, 6) is 1.08. The molecule has 1 aliphatic rings. The van der Waals surface area contributed by atoms with Crippen LogP contribution in [0.1, 0.15) is 18.9 Å². The van der Waals surface area contributed by atoms with Crippen LogP contribution >= 0.6 is 11.8 Å². The Morgan fingerprint density at radius 2 is 2.27 bits per heavy atom. The topological polar surface area (TPSA) is 12.0 Å². The number of halogens is 1. The van der Waals surface area contributed by atoms with Crippen molar-refractivity contribution in [2.45, 2.75) is 31.6 Å². The molecule has 15 heavy (non-hydrogen) atoms. The van der Waals surface area contributed by atoms with Gasteiger partial charge in [0.2, 0.25) is 0 Å². The second-order valence-electron chi connectivity index (χ2n) is 4.03. The van der Waals surface area contributed by atoms with Crippen molar-refractivity contribution in [3.8, 4) is 0 Å². The van der Waals surface area contributed by atoms with E-state index in [-0.39, 0.29) is 5.82 Å². The van der Waals surface area contributed by atoms with E-state index >= 15 is 0 Å². The highest BCUT2D eigenvalue weighted by molar-refractivity contribution is 8.00. The van der Waals surface area contributed by atoms with E-state index in [1.807, 2.05) is 24.8 Å². The van der Waals surface area contributed by atoms with Gasteiger partial charge in [-0.2, -0.15) is 11.8 Å². The van der Waals surface area contributed by atoms with Crippen LogP contribution in [0.3, 0.4) is 0 Å². The van der Waals surface area contributed by atoms with Gasteiger partial charge in [-0.05, 0) is 31.2 Å². The van der Waals surface area contributed by atoms with Crippen molar-refractivity contribution in [3.05, 3.63) is 29.6 Å². The van der Waals surface area contributed by atoms with Crippen molar-refractivity contribution in [2.24, 2.45) is 0 Å². The molecule has 1 aromatic carbocycles. The summed E-state index contributed by atoms with van der Waals surface area (Å²) < 4.78 is 13.3. The highest BCUT2D eigenvalue weighted by Gasteiger charge is 2.24. The Labute approximate surface area is 94.5 Å². The van der Waals surface area contributed by atoms with Crippen LogP contribution in [-0.2, 0) is 0 Å². The van der Waals surface area contributed by atoms with E-state index in [1.54, 1.807) is 6.07 Å². The van der Waals surface area contributed by atoms with Gasteiger partial charge in [0.15, 0.2) is 0 Å². The van der Waals surface area contributed by atoms with Gasteiger partial charge in [0.1, 0.15) is 5.82 Å². The number of hydrogen-bond donors (Lipinski definition) is 1. The Morgan fingerprint density at radius 3 is 2.93 bits per heavy atom. The number of anilines is 1. The van der Waals surface area contributed by atoms with Crippen molar-refractivity contribution in [1.29, 1.82) is 0 Å². The van der Waals surface area contributed by atoms with E-state index in [4.69, 9.17) is 0 Å². The van der Waals surface area contributed by atoms with E-state index in [0.717, 1.165) is 11.3 Å². The minimum Gasteiger partial charge on any atom is -0.381 e. The average Bonchev–Trinajstić information content (AvgIpc) is 2.60. The molecule has 3 heteroatoms. The molecule has 82 valence electrons. The zero-order valence-corrected chi connectivity index (χ0v) is 9.90. The average molecular weight is 225 g/mol. The fraction of sp³-hybridized carbons (Fsp3) is 0.500. The zero-order chi connectivity index (χ0) is 10.8. The first-order valence-corrected chi connectivity index (χ1v) is 6.36. The summed E-state index contributed by atoms with van der Waals surface area (Å²) in [4.78, 5) is 0. The van der Waals surface area contributed by atoms with Gasteiger partial charge < -0.3 is 5.32 Å². The molecule has 2 unspecified atom stereocenters. The molecule has 1 saturated heterocycles. The second-order valence-corrected chi connectivity index (χ2v) is 5.51. The molecular weight excluding hydrogens is 209 g/mol. The molecule has 2 rings (SSSR count). The third-order valence-corrected chi connectivity index (χ3v) is 4.31. The fourth-order valence-corrected chi connectivity index (χ4v) is 3.08. The first kappa shape index (κ1) is 10.8. The number of thioether (sulfide) groups is 1. The molecule has 0 amide bonds. The summed E-state index contributed by atoms with van der Waals surface area (Å²) in [6.45, 7) is 4.05. The van der Waals surface area contributed by atoms with Crippen molar-refractivity contribution in [2.75, 3.05) is 11.1 Å². The summed E-state index contributed by atoms with van der Waals surface area (Å²) in [6.07, 6.45) is 1.17. The number of benzene rings is 1. The normalized spacial score (nSPS) is 25.5. The molecule has 0 aromatic heterocycles. The van der Waals surface area contributed by atoms with Crippen molar-refractivity contribution in [1.82, 2.24) is 0 Å². The van der Waals surface area contributed by atoms with E-state index in [2.05, 4.69) is 12.2 Å². The Morgan fingerprint density at radius 1 is 1.47 bits per heavy atom. The second kappa shape index (κ2) is 4.44. The lowest BCUT2D eigenvalue weighted by Gasteiger charge is -2.19. The maximum Gasteiger partial charge on any atom is 0.128 e. The van der Waals surface area contributed by atoms with E-state index in [0.29, 0.717) is 11.3 Å². The molecule has 0 bridgehead atoms. The first-order valence-electron chi connectivity index (χ1n) is 5.31. The van der Waals surface area contributed by atoms with Gasteiger partial charge in [-0.3, -0.25) is 0 Å². The Bertz CT molecular complexity index is 353. The van der Waals surface area contributed by atoms with Gasteiger partial charge in [-0.1, -0.05) is 13.0 Å². The highest BCUT2D eigenvalue weighted by atomic mass is 32.2. The zero-order valence-electron chi connectivity index (χ0n) is 9.09. The minimum absolute atomic E-state index is 0.127. The predicted octanol–water partition coefficient (Wildman–Crippen LogP) is 3.44. The number of rotatable bonds is 2. The SMILES string of the molecule is Cc1c(F)cccc1NC1CCSC1C. The van der Waals surface area contributed by atoms with Gasteiger partial charge in [-0.25, -0.2) is 4.39 Å². The minimum atomic E-state index is -0.127. The lowest BCUT2D eigenvalue weighted by Crippen LogP contribution is -2.25. The van der Waals surface area contributed by atoms with Crippen LogP contribution in [0.15, 0.2) is 18.2 Å². The maximum atomic E-state index is 13.3. The van der Waals surface area contributed by atoms with Crippen LogP contribution in [0.4, 0.5) is 10.1 Å². The Hall–Kier alpha value is -0.700. The standard InChI is InChI=1S/C12H16FNS/c1-8-10(13)4-3-5-11(8)14-12-6-7-15-9(12)2/h3-5,9,12,14H,6-7H2,1-2H3. The Kier molecular flexibility index (Phi) is 3.19. The predicted molar refractivity (Wildman–Crippen MR) is 65.1 cm³/mol. The summed E-state index contributed by atoms with van der Waals surface area (Å²) in [5, 5.41) is 4.06. The van der Waals surface area contributed by atoms with Gasteiger partial charge in [0.25, 0.3) is 0 Å². The van der Waals surface area contributed by atoms with Gasteiger partial charge in [-0.15, -0.1) is 0 Å². The highest BCUT2D eigenvalue weighted by Crippen LogP contribution is 2.30. The van der Waals surface area contributed by atoms with E-state index in [9.17, 15) is 4.39 Å². The quantitative estimate of drug-likeness (QED) is 0.827. The van der Waals surface area contributed by atoms with Crippen LogP contribution < -0.4 is 5.32 Å². The van der Waals surface area contributed by atoms with Gasteiger partial charge in [0.05, 0.1) is 0 Å². The molecule has 2 atom stereocenters. The molecule has 0 spiro atoms. The van der Waals surface area contributed by atoms with Crippen molar-refractivity contribution < 1.29 is 4.39 Å². The monoisotopic (exact) mass is 225 g/mol. The third kappa shape index (κ3) is 2.28. The molecule has 1 aliphatic heterocycles. The number of hydrogen-bond acceptors (Lipinski definition) is 2. The van der Waals surface area contributed by atoms with Crippen molar-refractivity contribution in [3.63, 3.8) is 0 Å². The molecular formula is C12H16FNS. The fourth-order valence-electron chi connectivity index (χ4n) is 1.88. The molecule has 1 nitrogen and oxygen atoms in total. The van der Waals surface area contributed by atoms with Crippen LogP contribution in [0.25, 0.3) is 0 Å². The smallest absolute Gasteiger partial charge is 0.128 e. The summed E-state index contributed by atoms with van der Waals surface area (Å²) in [7, 11) is 0. The molecule has 1 fully saturated rings.